The molecule has 0 aromatic carbocycles. The van der Waals surface area contributed by atoms with Crippen LogP contribution in [0, 0.1) is 0 Å². The Balaban J connectivity index is 2.11. The molecule has 0 spiro atoms. The fourth-order valence-electron chi connectivity index (χ4n) is 2.42. The number of nitrogens with one attached hydrogen (secondary N) is 1. The molecule has 0 saturated carbocycles. The molecule has 1 aliphatic rings. The van der Waals surface area contributed by atoms with Gasteiger partial charge >= 0.3 is 0 Å². The summed E-state index contributed by atoms with van der Waals surface area (Å²) < 4.78 is 0. The minimum Gasteiger partial charge on any atom is -0.347 e. The minimum atomic E-state index is 0.154. The molecule has 1 saturated heterocycles. The zero-order chi connectivity index (χ0) is 15.5. The SMILES string of the molecule is CCCc1nc(N(C)C2CCSC2)sc1CNC(C)(C)C. The highest BCUT2D eigenvalue weighted by molar-refractivity contribution is 7.99. The van der Waals surface area contributed by atoms with Gasteiger partial charge < -0.3 is 10.2 Å². The lowest BCUT2D eigenvalue weighted by atomic mass is 10.1. The number of thioether (sulfide) groups is 1. The third-order valence-electron chi connectivity index (χ3n) is 3.79. The first-order chi connectivity index (χ1) is 9.90. The van der Waals surface area contributed by atoms with Crippen LogP contribution in [0.4, 0.5) is 5.13 Å². The van der Waals surface area contributed by atoms with Crippen molar-refractivity contribution in [3.8, 4) is 0 Å². The zero-order valence-corrected chi connectivity index (χ0v) is 15.7. The minimum absolute atomic E-state index is 0.154. The number of thiazole rings is 1. The van der Waals surface area contributed by atoms with Gasteiger partial charge in [0.1, 0.15) is 0 Å². The second kappa shape index (κ2) is 7.34. The molecule has 120 valence electrons. The second-order valence-electron chi connectivity index (χ2n) is 6.85. The summed E-state index contributed by atoms with van der Waals surface area (Å²) >= 11 is 3.94. The third-order valence-corrected chi connectivity index (χ3v) is 6.12. The number of hydrogen-bond acceptors (Lipinski definition) is 5. The molecule has 1 aliphatic heterocycles. The van der Waals surface area contributed by atoms with E-state index in [-0.39, 0.29) is 5.54 Å². The van der Waals surface area contributed by atoms with Gasteiger partial charge in [-0.25, -0.2) is 4.98 Å². The number of aromatic nitrogens is 1. The monoisotopic (exact) mass is 327 g/mol. The van der Waals surface area contributed by atoms with E-state index in [2.05, 4.69) is 56.7 Å². The number of anilines is 1. The van der Waals surface area contributed by atoms with E-state index in [0.717, 1.165) is 19.4 Å². The topological polar surface area (TPSA) is 28.2 Å². The van der Waals surface area contributed by atoms with Gasteiger partial charge in [-0.15, -0.1) is 11.3 Å². The van der Waals surface area contributed by atoms with Crippen LogP contribution >= 0.6 is 23.1 Å². The van der Waals surface area contributed by atoms with Gasteiger partial charge in [0.25, 0.3) is 0 Å². The van der Waals surface area contributed by atoms with Crippen LogP contribution in [0.5, 0.6) is 0 Å². The summed E-state index contributed by atoms with van der Waals surface area (Å²) in [6.45, 7) is 9.82. The molecule has 0 amide bonds. The van der Waals surface area contributed by atoms with Crippen molar-refractivity contribution in [1.29, 1.82) is 0 Å². The van der Waals surface area contributed by atoms with E-state index in [1.807, 2.05) is 11.3 Å². The van der Waals surface area contributed by atoms with E-state index >= 15 is 0 Å². The molecule has 1 atom stereocenters. The van der Waals surface area contributed by atoms with Crippen molar-refractivity contribution < 1.29 is 0 Å². The van der Waals surface area contributed by atoms with Crippen LogP contribution < -0.4 is 10.2 Å². The number of rotatable bonds is 6. The lowest BCUT2D eigenvalue weighted by Gasteiger charge is -2.22. The van der Waals surface area contributed by atoms with E-state index in [9.17, 15) is 0 Å². The van der Waals surface area contributed by atoms with Crippen molar-refractivity contribution in [1.82, 2.24) is 10.3 Å². The van der Waals surface area contributed by atoms with Crippen molar-refractivity contribution in [2.24, 2.45) is 0 Å². The molecular formula is C16H29N3S2. The van der Waals surface area contributed by atoms with Crippen LogP contribution in [0.1, 0.15) is 51.1 Å². The molecule has 0 radical (unpaired) electrons. The molecule has 1 aromatic heterocycles. The maximum absolute atomic E-state index is 4.94. The van der Waals surface area contributed by atoms with Crippen LogP contribution in [0.25, 0.3) is 0 Å². The predicted molar refractivity (Wildman–Crippen MR) is 96.8 cm³/mol. The highest BCUT2D eigenvalue weighted by Crippen LogP contribution is 2.31. The average Bonchev–Trinajstić information content (AvgIpc) is 3.05. The summed E-state index contributed by atoms with van der Waals surface area (Å²) in [6.07, 6.45) is 3.54. The van der Waals surface area contributed by atoms with Crippen LogP contribution in [0.15, 0.2) is 0 Å². The molecule has 2 rings (SSSR count). The first-order valence-electron chi connectivity index (χ1n) is 7.95. The Labute approximate surface area is 137 Å². The second-order valence-corrected chi connectivity index (χ2v) is 9.06. The van der Waals surface area contributed by atoms with Gasteiger partial charge in [0.2, 0.25) is 0 Å². The van der Waals surface area contributed by atoms with E-state index in [1.165, 1.54) is 33.6 Å². The van der Waals surface area contributed by atoms with E-state index in [1.54, 1.807) is 0 Å². The van der Waals surface area contributed by atoms with Crippen LogP contribution in [0.2, 0.25) is 0 Å². The van der Waals surface area contributed by atoms with Gasteiger partial charge in [0.05, 0.1) is 5.69 Å². The number of hydrogen-bond donors (Lipinski definition) is 1. The van der Waals surface area contributed by atoms with E-state index in [0.29, 0.717) is 6.04 Å². The Kier molecular flexibility index (Phi) is 5.97. The molecule has 3 nitrogen and oxygen atoms in total. The zero-order valence-electron chi connectivity index (χ0n) is 14.0. The highest BCUT2D eigenvalue weighted by atomic mass is 32.2. The predicted octanol–water partition coefficient (Wildman–Crippen LogP) is 3.93. The Morgan fingerprint density at radius 3 is 2.71 bits per heavy atom. The summed E-state index contributed by atoms with van der Waals surface area (Å²) in [5.41, 5.74) is 1.45. The maximum atomic E-state index is 4.94. The molecular weight excluding hydrogens is 298 g/mol. The molecule has 1 unspecified atom stereocenters. The first kappa shape index (κ1) is 17.1. The fourth-order valence-corrected chi connectivity index (χ4v) is 4.77. The standard InChI is InChI=1S/C16H29N3S2/c1-6-7-13-14(10-17-16(2,3)4)21-15(18-13)19(5)12-8-9-20-11-12/h12,17H,6-11H2,1-5H3. The molecule has 21 heavy (non-hydrogen) atoms. The number of aryl methyl sites for hydroxylation is 1. The Morgan fingerprint density at radius 1 is 1.38 bits per heavy atom. The summed E-state index contributed by atoms with van der Waals surface area (Å²) in [7, 11) is 2.21. The van der Waals surface area contributed by atoms with Gasteiger partial charge in [-0.2, -0.15) is 11.8 Å². The normalized spacial score (nSPS) is 19.2. The van der Waals surface area contributed by atoms with Crippen molar-refractivity contribution in [2.45, 2.75) is 65.1 Å². The highest BCUT2D eigenvalue weighted by Gasteiger charge is 2.24. The van der Waals surface area contributed by atoms with Gasteiger partial charge in [-0.3, -0.25) is 0 Å². The third kappa shape index (κ3) is 4.86. The van der Waals surface area contributed by atoms with Gasteiger partial charge in [-0.1, -0.05) is 13.3 Å². The summed E-state index contributed by atoms with van der Waals surface area (Å²) in [5.74, 6) is 2.54. The average molecular weight is 328 g/mol. The quantitative estimate of drug-likeness (QED) is 0.857. The number of nitrogens with zero attached hydrogens (tertiary/aromatic N) is 2. The van der Waals surface area contributed by atoms with Crippen molar-refractivity contribution >= 4 is 28.2 Å². The maximum Gasteiger partial charge on any atom is 0.185 e. The lowest BCUT2D eigenvalue weighted by molar-refractivity contribution is 0.425. The molecule has 1 fully saturated rings. The van der Waals surface area contributed by atoms with E-state index in [4.69, 9.17) is 4.98 Å². The molecule has 0 bridgehead atoms. The van der Waals surface area contributed by atoms with E-state index < -0.39 is 0 Å². The van der Waals surface area contributed by atoms with Crippen molar-refractivity contribution in [3.05, 3.63) is 10.6 Å². The smallest absolute Gasteiger partial charge is 0.185 e. The Morgan fingerprint density at radius 2 is 2.14 bits per heavy atom. The van der Waals surface area contributed by atoms with Crippen molar-refractivity contribution in [3.63, 3.8) is 0 Å². The summed E-state index contributed by atoms with van der Waals surface area (Å²) in [4.78, 5) is 8.76. The summed E-state index contributed by atoms with van der Waals surface area (Å²) in [6, 6.07) is 0.666. The lowest BCUT2D eigenvalue weighted by Crippen LogP contribution is -2.35. The summed E-state index contributed by atoms with van der Waals surface area (Å²) in [5, 5.41) is 4.81. The van der Waals surface area contributed by atoms with Crippen molar-refractivity contribution in [2.75, 3.05) is 23.5 Å². The molecule has 1 N–H and O–H groups in total. The Bertz CT molecular complexity index is 445. The van der Waals surface area contributed by atoms with Gasteiger partial charge in [-0.05, 0) is 39.4 Å². The van der Waals surface area contributed by atoms with Crippen LogP contribution in [0.3, 0.4) is 0 Å². The molecule has 1 aromatic rings. The van der Waals surface area contributed by atoms with Crippen LogP contribution in [-0.2, 0) is 13.0 Å². The first-order valence-corrected chi connectivity index (χ1v) is 9.92. The Hall–Kier alpha value is -0.260. The fraction of sp³-hybridized carbons (Fsp3) is 0.812. The largest absolute Gasteiger partial charge is 0.347 e. The van der Waals surface area contributed by atoms with Gasteiger partial charge in [0.15, 0.2) is 5.13 Å². The molecule has 5 heteroatoms. The van der Waals surface area contributed by atoms with Crippen LogP contribution in [-0.4, -0.2) is 35.1 Å². The van der Waals surface area contributed by atoms with Gasteiger partial charge in [0, 0.05) is 35.8 Å². The molecule has 0 aliphatic carbocycles. The molecule has 2 heterocycles.